The van der Waals surface area contributed by atoms with Gasteiger partial charge in [0.1, 0.15) is 0 Å². The van der Waals surface area contributed by atoms with Crippen LogP contribution in [-0.4, -0.2) is 23.1 Å². The van der Waals surface area contributed by atoms with Gasteiger partial charge in [-0.1, -0.05) is 6.07 Å². The molecule has 0 bridgehead atoms. The monoisotopic (exact) mass is 328 g/mol. The van der Waals surface area contributed by atoms with Gasteiger partial charge >= 0.3 is 6.18 Å². The molecule has 1 aromatic rings. The first-order chi connectivity index (χ1) is 9.04. The van der Waals surface area contributed by atoms with E-state index in [2.05, 4.69) is 0 Å². The molecule has 1 rings (SSSR count). The summed E-state index contributed by atoms with van der Waals surface area (Å²) in [4.78, 5) is 1.74. The molecular weight excluding hydrogens is 312 g/mol. The van der Waals surface area contributed by atoms with Gasteiger partial charge < -0.3 is 4.90 Å². The van der Waals surface area contributed by atoms with Gasteiger partial charge in [-0.2, -0.15) is 13.2 Å². The van der Waals surface area contributed by atoms with Gasteiger partial charge in [-0.15, -0.1) is 3.94 Å². The van der Waals surface area contributed by atoms with Crippen LogP contribution in [0.3, 0.4) is 0 Å². The van der Waals surface area contributed by atoms with Gasteiger partial charge in [-0.3, -0.25) is 0 Å². The molecule has 0 fully saturated rings. The van der Waals surface area contributed by atoms with E-state index in [4.69, 9.17) is 23.6 Å². The molecule has 0 saturated heterocycles. The summed E-state index contributed by atoms with van der Waals surface area (Å²) >= 11 is 11.4. The SMILES string of the molecule is CN(CCC(C)(C)N(Cl)Cl)c1cccc(C(F)(F)F)c1. The Bertz CT molecular complexity index is 447. The zero-order chi connectivity index (χ0) is 15.6. The van der Waals surface area contributed by atoms with Crippen molar-refractivity contribution in [2.24, 2.45) is 0 Å². The smallest absolute Gasteiger partial charge is 0.375 e. The van der Waals surface area contributed by atoms with Crippen LogP contribution in [0.1, 0.15) is 25.8 Å². The molecule has 0 aliphatic carbocycles. The van der Waals surface area contributed by atoms with E-state index in [0.717, 1.165) is 16.1 Å². The number of hydrogen-bond acceptors (Lipinski definition) is 2. The Labute approximate surface area is 127 Å². The molecule has 0 N–H and O–H groups in total. The van der Waals surface area contributed by atoms with Crippen LogP contribution >= 0.6 is 23.6 Å². The van der Waals surface area contributed by atoms with Crippen LogP contribution in [0.2, 0.25) is 0 Å². The Morgan fingerprint density at radius 3 is 2.25 bits per heavy atom. The van der Waals surface area contributed by atoms with E-state index in [1.54, 1.807) is 18.0 Å². The van der Waals surface area contributed by atoms with Crippen LogP contribution < -0.4 is 4.90 Å². The maximum absolute atomic E-state index is 12.7. The highest BCUT2D eigenvalue weighted by atomic mass is 35.5. The molecule has 0 saturated carbocycles. The predicted octanol–water partition coefficient (Wildman–Crippen LogP) is 4.92. The Balaban J connectivity index is 2.76. The highest BCUT2D eigenvalue weighted by Gasteiger charge is 2.31. The largest absolute Gasteiger partial charge is 0.416 e. The van der Waals surface area contributed by atoms with Crippen molar-refractivity contribution in [3.8, 4) is 0 Å². The number of halogens is 5. The lowest BCUT2D eigenvalue weighted by molar-refractivity contribution is -0.137. The minimum Gasteiger partial charge on any atom is -0.375 e. The van der Waals surface area contributed by atoms with Crippen LogP contribution in [0.5, 0.6) is 0 Å². The minimum atomic E-state index is -4.33. The Morgan fingerprint density at radius 1 is 1.15 bits per heavy atom. The first-order valence-electron chi connectivity index (χ1n) is 6.04. The van der Waals surface area contributed by atoms with Gasteiger partial charge in [-0.05, 0) is 62.0 Å². The average molecular weight is 329 g/mol. The molecule has 0 spiro atoms. The maximum atomic E-state index is 12.7. The van der Waals surface area contributed by atoms with E-state index in [-0.39, 0.29) is 0 Å². The number of alkyl halides is 3. The van der Waals surface area contributed by atoms with Crippen molar-refractivity contribution in [3.63, 3.8) is 0 Å². The van der Waals surface area contributed by atoms with Gasteiger partial charge in [-0.25, -0.2) is 0 Å². The molecule has 2 nitrogen and oxygen atoms in total. The third kappa shape index (κ3) is 4.72. The third-order valence-electron chi connectivity index (χ3n) is 3.13. The molecule has 0 aliphatic heterocycles. The van der Waals surface area contributed by atoms with Crippen LogP contribution in [0.25, 0.3) is 0 Å². The molecule has 0 unspecified atom stereocenters. The van der Waals surface area contributed by atoms with Gasteiger partial charge in [0.2, 0.25) is 0 Å². The lowest BCUT2D eigenvalue weighted by atomic mass is 10.0. The molecule has 0 amide bonds. The summed E-state index contributed by atoms with van der Waals surface area (Å²) in [5.74, 6) is 0. The second kappa shape index (κ2) is 6.41. The fourth-order valence-corrected chi connectivity index (χ4v) is 1.74. The van der Waals surface area contributed by atoms with Crippen LogP contribution in [-0.2, 0) is 6.18 Å². The number of nitrogens with zero attached hydrogens (tertiary/aromatic N) is 2. The highest BCUT2D eigenvalue weighted by Crippen LogP contribution is 2.32. The van der Waals surface area contributed by atoms with Crippen molar-refractivity contribution < 1.29 is 13.2 Å². The Morgan fingerprint density at radius 2 is 1.75 bits per heavy atom. The highest BCUT2D eigenvalue weighted by molar-refractivity contribution is 6.34. The minimum absolute atomic E-state index is 0.459. The molecule has 0 atom stereocenters. The summed E-state index contributed by atoms with van der Waals surface area (Å²) in [6, 6.07) is 5.23. The lowest BCUT2D eigenvalue weighted by Crippen LogP contribution is -2.35. The van der Waals surface area contributed by atoms with Gasteiger partial charge in [0, 0.05) is 24.8 Å². The van der Waals surface area contributed by atoms with Crippen LogP contribution in [0.15, 0.2) is 24.3 Å². The van der Waals surface area contributed by atoms with Crippen LogP contribution in [0, 0.1) is 0 Å². The fraction of sp³-hybridized carbons (Fsp3) is 0.538. The van der Waals surface area contributed by atoms with Crippen molar-refractivity contribution >= 4 is 29.2 Å². The van der Waals surface area contributed by atoms with E-state index in [9.17, 15) is 13.2 Å². The maximum Gasteiger partial charge on any atom is 0.416 e. The first-order valence-corrected chi connectivity index (χ1v) is 6.72. The number of rotatable bonds is 5. The second-order valence-electron chi connectivity index (χ2n) is 5.26. The molecule has 0 aromatic heterocycles. The zero-order valence-corrected chi connectivity index (χ0v) is 13.0. The quantitative estimate of drug-likeness (QED) is 0.708. The van der Waals surface area contributed by atoms with Crippen molar-refractivity contribution in [3.05, 3.63) is 29.8 Å². The molecule has 0 aliphatic rings. The zero-order valence-electron chi connectivity index (χ0n) is 11.5. The molecule has 7 heteroatoms. The number of hydrogen-bond donors (Lipinski definition) is 0. The third-order valence-corrected chi connectivity index (χ3v) is 4.05. The molecule has 20 heavy (non-hydrogen) atoms. The number of benzene rings is 1. The molecule has 1 aromatic carbocycles. The predicted molar refractivity (Wildman–Crippen MR) is 77.0 cm³/mol. The lowest BCUT2D eigenvalue weighted by Gasteiger charge is -2.30. The van der Waals surface area contributed by atoms with Gasteiger partial charge in [0.25, 0.3) is 0 Å². The number of anilines is 1. The van der Waals surface area contributed by atoms with Crippen molar-refractivity contribution in [2.45, 2.75) is 32.0 Å². The van der Waals surface area contributed by atoms with Crippen molar-refractivity contribution in [1.29, 1.82) is 0 Å². The van der Waals surface area contributed by atoms with Crippen molar-refractivity contribution in [2.75, 3.05) is 18.5 Å². The summed E-state index contributed by atoms with van der Waals surface area (Å²) in [5, 5.41) is 0. The van der Waals surface area contributed by atoms with E-state index < -0.39 is 17.3 Å². The fourth-order valence-electron chi connectivity index (χ4n) is 1.57. The van der Waals surface area contributed by atoms with E-state index in [1.165, 1.54) is 6.07 Å². The van der Waals surface area contributed by atoms with Crippen LogP contribution in [0.4, 0.5) is 18.9 Å². The first kappa shape index (κ1) is 17.4. The Hall–Kier alpha value is -0.650. The van der Waals surface area contributed by atoms with Gasteiger partial charge in [0.15, 0.2) is 0 Å². The van der Waals surface area contributed by atoms with Crippen molar-refractivity contribution in [1.82, 2.24) is 3.94 Å². The second-order valence-corrected chi connectivity index (χ2v) is 6.11. The summed E-state index contributed by atoms with van der Waals surface area (Å²) in [5.41, 5.74) is -0.609. The normalized spacial score (nSPS) is 12.8. The summed E-state index contributed by atoms with van der Waals surface area (Å²) < 4.78 is 39.0. The molecule has 0 heterocycles. The molecule has 114 valence electrons. The Kier molecular flexibility index (Phi) is 5.58. The summed E-state index contributed by atoms with van der Waals surface area (Å²) in [6.07, 6.45) is -3.73. The van der Waals surface area contributed by atoms with E-state index in [0.29, 0.717) is 18.7 Å². The average Bonchev–Trinajstić information content (AvgIpc) is 2.35. The molecule has 0 radical (unpaired) electrons. The molecular formula is C13H17Cl2F3N2. The topological polar surface area (TPSA) is 6.48 Å². The van der Waals surface area contributed by atoms with E-state index >= 15 is 0 Å². The summed E-state index contributed by atoms with van der Waals surface area (Å²) in [6.45, 7) is 4.24. The van der Waals surface area contributed by atoms with Gasteiger partial charge in [0.05, 0.1) is 5.56 Å². The van der Waals surface area contributed by atoms with E-state index in [1.807, 2.05) is 13.8 Å². The standard InChI is InChI=1S/C13H17Cl2F3N2/c1-12(2,20(14)15)7-8-19(3)11-6-4-5-10(9-11)13(16,17)18/h4-6,9H,7-8H2,1-3H3. The summed E-state index contributed by atoms with van der Waals surface area (Å²) in [7, 11) is 1.73.